The first-order valence-corrected chi connectivity index (χ1v) is 7.92. The van der Waals surface area contributed by atoms with Crippen LogP contribution in [0.15, 0.2) is 24.3 Å². The summed E-state index contributed by atoms with van der Waals surface area (Å²) >= 11 is 0. The molecule has 1 aliphatic heterocycles. The molecule has 1 aliphatic rings. The lowest BCUT2D eigenvalue weighted by molar-refractivity contribution is 0.0196. The van der Waals surface area contributed by atoms with Crippen LogP contribution in [-0.2, 0) is 17.8 Å². The maximum Gasteiger partial charge on any atom is 0.410 e. The maximum absolute atomic E-state index is 12.2. The van der Waals surface area contributed by atoms with Gasteiger partial charge in [0.15, 0.2) is 11.6 Å². The zero-order valence-corrected chi connectivity index (χ0v) is 14.4. The van der Waals surface area contributed by atoms with E-state index in [1.54, 1.807) is 12.0 Å². The van der Waals surface area contributed by atoms with Gasteiger partial charge in [0.1, 0.15) is 11.4 Å². The molecule has 3 rings (SSSR count). The fourth-order valence-electron chi connectivity index (χ4n) is 2.62. The summed E-state index contributed by atoms with van der Waals surface area (Å²) < 4.78 is 12.7. The molecule has 7 nitrogen and oxygen atoms in total. The van der Waals surface area contributed by atoms with Gasteiger partial charge >= 0.3 is 6.09 Å². The largest absolute Gasteiger partial charge is 0.497 e. The molecule has 2 heterocycles. The molecule has 0 radical (unpaired) electrons. The van der Waals surface area contributed by atoms with Crippen LogP contribution in [0.5, 0.6) is 5.75 Å². The fraction of sp³-hybridized carbons (Fsp3) is 0.471. The highest BCUT2D eigenvalue weighted by Crippen LogP contribution is 2.25. The van der Waals surface area contributed by atoms with Gasteiger partial charge in [-0.2, -0.15) is 0 Å². The number of hydrogen-bond acceptors (Lipinski definition) is 5. The number of nitrogens with zero attached hydrogens (tertiary/aromatic N) is 4. The Kier molecular flexibility index (Phi) is 4.17. The van der Waals surface area contributed by atoms with E-state index < -0.39 is 5.60 Å². The Balaban J connectivity index is 1.80. The minimum absolute atomic E-state index is 0.320. The van der Waals surface area contributed by atoms with E-state index in [0.29, 0.717) is 19.6 Å². The SMILES string of the molecule is COc1cccc(-c2nnc3n2CCN(C(=O)OC(C)(C)C)C3)c1. The number of benzene rings is 1. The highest BCUT2D eigenvalue weighted by Gasteiger charge is 2.28. The van der Waals surface area contributed by atoms with Crippen LogP contribution in [-0.4, -0.2) is 45.0 Å². The van der Waals surface area contributed by atoms with Crippen LogP contribution < -0.4 is 4.74 Å². The molecule has 0 atom stereocenters. The normalized spacial score (nSPS) is 14.2. The number of rotatable bonds is 2. The van der Waals surface area contributed by atoms with E-state index in [1.807, 2.05) is 49.6 Å². The summed E-state index contributed by atoms with van der Waals surface area (Å²) in [5, 5.41) is 8.53. The molecule has 0 saturated carbocycles. The minimum Gasteiger partial charge on any atom is -0.497 e. The number of methoxy groups -OCH3 is 1. The van der Waals surface area contributed by atoms with E-state index in [4.69, 9.17) is 9.47 Å². The van der Waals surface area contributed by atoms with Crippen LogP contribution in [0.25, 0.3) is 11.4 Å². The van der Waals surface area contributed by atoms with Crippen LogP contribution in [0.1, 0.15) is 26.6 Å². The van der Waals surface area contributed by atoms with Gasteiger partial charge in [0.25, 0.3) is 0 Å². The molecule has 0 aliphatic carbocycles. The van der Waals surface area contributed by atoms with E-state index in [9.17, 15) is 4.79 Å². The summed E-state index contributed by atoms with van der Waals surface area (Å²) in [5.74, 6) is 2.31. The second-order valence-corrected chi connectivity index (χ2v) is 6.73. The number of carbonyl (C=O) groups excluding carboxylic acids is 1. The van der Waals surface area contributed by atoms with Crippen LogP contribution in [0.2, 0.25) is 0 Å². The number of hydrogen-bond donors (Lipinski definition) is 0. The van der Waals surface area contributed by atoms with Crippen molar-refractivity contribution >= 4 is 6.09 Å². The van der Waals surface area contributed by atoms with Crippen molar-refractivity contribution in [1.29, 1.82) is 0 Å². The molecule has 0 saturated heterocycles. The van der Waals surface area contributed by atoms with Crippen molar-refractivity contribution < 1.29 is 14.3 Å². The lowest BCUT2D eigenvalue weighted by Gasteiger charge is -2.30. The van der Waals surface area contributed by atoms with Crippen molar-refractivity contribution in [2.75, 3.05) is 13.7 Å². The number of carbonyl (C=O) groups is 1. The number of aromatic nitrogens is 3. The summed E-state index contributed by atoms with van der Waals surface area (Å²) in [5.41, 5.74) is 0.437. The molecule has 1 aromatic carbocycles. The first-order chi connectivity index (χ1) is 11.4. The maximum atomic E-state index is 12.2. The third-order valence-corrected chi connectivity index (χ3v) is 3.73. The Bertz CT molecular complexity index is 749. The molecule has 0 fully saturated rings. The second-order valence-electron chi connectivity index (χ2n) is 6.73. The predicted molar refractivity (Wildman–Crippen MR) is 88.7 cm³/mol. The van der Waals surface area contributed by atoms with E-state index in [1.165, 1.54) is 0 Å². The zero-order valence-electron chi connectivity index (χ0n) is 14.4. The van der Waals surface area contributed by atoms with E-state index in [0.717, 1.165) is 23.0 Å². The summed E-state index contributed by atoms with van der Waals surface area (Å²) in [4.78, 5) is 13.9. The molecular formula is C17H22N4O3. The second kappa shape index (κ2) is 6.14. The Labute approximate surface area is 141 Å². The van der Waals surface area contributed by atoms with Gasteiger partial charge in [-0.3, -0.25) is 4.90 Å². The van der Waals surface area contributed by atoms with Gasteiger partial charge < -0.3 is 14.0 Å². The third kappa shape index (κ3) is 3.34. The molecule has 1 amide bonds. The lowest BCUT2D eigenvalue weighted by atomic mass is 10.2. The van der Waals surface area contributed by atoms with E-state index in [2.05, 4.69) is 10.2 Å². The average Bonchev–Trinajstić information content (AvgIpc) is 2.96. The van der Waals surface area contributed by atoms with Gasteiger partial charge in [-0.1, -0.05) is 12.1 Å². The molecule has 0 spiro atoms. The van der Waals surface area contributed by atoms with Crippen molar-refractivity contribution in [2.24, 2.45) is 0 Å². The van der Waals surface area contributed by atoms with Crippen molar-refractivity contribution in [3.05, 3.63) is 30.1 Å². The molecule has 0 N–H and O–H groups in total. The highest BCUT2D eigenvalue weighted by molar-refractivity contribution is 5.68. The Morgan fingerprint density at radius 3 is 2.71 bits per heavy atom. The molecule has 128 valence electrons. The van der Waals surface area contributed by atoms with Gasteiger partial charge in [0.2, 0.25) is 0 Å². The first-order valence-electron chi connectivity index (χ1n) is 7.92. The zero-order chi connectivity index (χ0) is 17.3. The van der Waals surface area contributed by atoms with Gasteiger partial charge in [0, 0.05) is 18.7 Å². The van der Waals surface area contributed by atoms with E-state index >= 15 is 0 Å². The number of amides is 1. The van der Waals surface area contributed by atoms with E-state index in [-0.39, 0.29) is 6.09 Å². The minimum atomic E-state index is -0.506. The van der Waals surface area contributed by atoms with Crippen molar-refractivity contribution in [1.82, 2.24) is 19.7 Å². The molecule has 24 heavy (non-hydrogen) atoms. The molecule has 1 aromatic heterocycles. The van der Waals surface area contributed by atoms with Gasteiger partial charge in [-0.05, 0) is 32.9 Å². The molecule has 7 heteroatoms. The van der Waals surface area contributed by atoms with Crippen LogP contribution in [0, 0.1) is 0 Å². The Morgan fingerprint density at radius 1 is 1.21 bits per heavy atom. The van der Waals surface area contributed by atoms with Crippen LogP contribution in [0.4, 0.5) is 4.79 Å². The fourth-order valence-corrected chi connectivity index (χ4v) is 2.62. The predicted octanol–water partition coefficient (Wildman–Crippen LogP) is 2.70. The quantitative estimate of drug-likeness (QED) is 0.847. The first kappa shape index (κ1) is 16.3. The molecule has 0 unspecified atom stereocenters. The van der Waals surface area contributed by atoms with Crippen molar-refractivity contribution in [2.45, 2.75) is 39.5 Å². The Morgan fingerprint density at radius 2 is 2.00 bits per heavy atom. The summed E-state index contributed by atoms with van der Waals surface area (Å²) in [6, 6.07) is 7.71. The third-order valence-electron chi connectivity index (χ3n) is 3.73. The average molecular weight is 330 g/mol. The summed E-state index contributed by atoms with van der Waals surface area (Å²) in [6.45, 7) is 7.17. The molecule has 2 aromatic rings. The number of ether oxygens (including phenoxy) is 2. The summed E-state index contributed by atoms with van der Waals surface area (Å²) in [7, 11) is 1.64. The lowest BCUT2D eigenvalue weighted by Crippen LogP contribution is -2.41. The molecule has 0 bridgehead atoms. The van der Waals surface area contributed by atoms with Gasteiger partial charge in [0.05, 0.1) is 13.7 Å². The summed E-state index contributed by atoms with van der Waals surface area (Å²) in [6.07, 6.45) is -0.320. The standard InChI is InChI=1S/C17H22N4O3/c1-17(2,3)24-16(22)20-8-9-21-14(11-20)18-19-15(21)12-6-5-7-13(10-12)23-4/h5-7,10H,8-9,11H2,1-4H3. The van der Waals surface area contributed by atoms with Crippen LogP contribution in [0.3, 0.4) is 0 Å². The Hall–Kier alpha value is -2.57. The topological polar surface area (TPSA) is 69.5 Å². The number of fused-ring (bicyclic) bond motifs is 1. The highest BCUT2D eigenvalue weighted by atomic mass is 16.6. The van der Waals surface area contributed by atoms with Gasteiger partial charge in [-0.25, -0.2) is 4.79 Å². The van der Waals surface area contributed by atoms with Crippen molar-refractivity contribution in [3.8, 4) is 17.1 Å². The van der Waals surface area contributed by atoms with Gasteiger partial charge in [-0.15, -0.1) is 10.2 Å². The monoisotopic (exact) mass is 330 g/mol. The molecular weight excluding hydrogens is 308 g/mol. The van der Waals surface area contributed by atoms with Crippen LogP contribution >= 0.6 is 0 Å². The smallest absolute Gasteiger partial charge is 0.410 e. The van der Waals surface area contributed by atoms with Crippen molar-refractivity contribution in [3.63, 3.8) is 0 Å².